The molecule has 0 fully saturated rings. The third-order valence-electron chi connectivity index (χ3n) is 14.2. The Morgan fingerprint density at radius 1 is 0.420 bits per heavy atom. The first-order valence-corrected chi connectivity index (χ1v) is 19.8. The molecule has 16 bridgehead atoms. The van der Waals surface area contributed by atoms with E-state index < -0.39 is 0 Å². The summed E-state index contributed by atoms with van der Waals surface area (Å²) >= 11 is 15.5. The molecule has 0 amide bonds. The van der Waals surface area contributed by atoms with Crippen LogP contribution in [-0.4, -0.2) is 19.9 Å². The number of halogens is 2. The van der Waals surface area contributed by atoms with Gasteiger partial charge in [-0.3, -0.25) is 0 Å². The molecule has 4 nitrogen and oxygen atoms in total. The molecule has 246 valence electrons. The van der Waals surface area contributed by atoms with Gasteiger partial charge < -0.3 is 9.97 Å². The lowest BCUT2D eigenvalue weighted by Gasteiger charge is -2.33. The van der Waals surface area contributed by atoms with Gasteiger partial charge in [-0.1, -0.05) is 71.8 Å². The lowest BCUT2D eigenvalue weighted by atomic mass is 9.69. The zero-order valence-electron chi connectivity index (χ0n) is 27.7. The Labute approximate surface area is 300 Å². The molecule has 5 heterocycles. The van der Waals surface area contributed by atoms with Crippen LogP contribution in [0.15, 0.2) is 60.7 Å². The monoisotopic (exact) mass is 690 g/mol. The number of H-pyrrole nitrogens is 2. The van der Waals surface area contributed by atoms with Gasteiger partial charge in [-0.15, -0.1) is 0 Å². The van der Waals surface area contributed by atoms with Crippen molar-refractivity contribution in [1.82, 2.24) is 19.9 Å². The van der Waals surface area contributed by atoms with Crippen LogP contribution in [0, 0.1) is 23.7 Å². The first-order chi connectivity index (χ1) is 24.6. The number of allylic oxidation sites excluding steroid dienone is 12. The average Bonchev–Trinajstić information content (AvgIpc) is 3.97. The minimum absolute atomic E-state index is 0.342. The zero-order chi connectivity index (χ0) is 32.6. The Morgan fingerprint density at radius 3 is 1.14 bits per heavy atom. The lowest BCUT2D eigenvalue weighted by Crippen LogP contribution is -2.19. The fraction of sp³-hybridized carbons (Fsp3) is 0.364. The van der Waals surface area contributed by atoms with E-state index in [1.54, 1.807) is 0 Å². The van der Waals surface area contributed by atoms with Gasteiger partial charge in [0.25, 0.3) is 0 Å². The van der Waals surface area contributed by atoms with Crippen molar-refractivity contribution < 1.29 is 0 Å². The van der Waals surface area contributed by atoms with E-state index in [-0.39, 0.29) is 0 Å². The Kier molecular flexibility index (Phi) is 5.29. The molecule has 6 heteroatoms. The van der Waals surface area contributed by atoms with Crippen LogP contribution >= 0.6 is 23.2 Å². The fourth-order valence-corrected chi connectivity index (χ4v) is 12.6. The summed E-state index contributed by atoms with van der Waals surface area (Å²) in [5.74, 6) is 2.91. The van der Waals surface area contributed by atoms with Crippen molar-refractivity contribution in [2.45, 2.75) is 75.0 Å². The quantitative estimate of drug-likeness (QED) is 0.231. The van der Waals surface area contributed by atoms with Gasteiger partial charge in [-0.2, -0.15) is 0 Å². The summed E-state index contributed by atoms with van der Waals surface area (Å²) in [5.41, 5.74) is 19.5. The molecule has 3 aromatic heterocycles. The average molecular weight is 692 g/mol. The number of hydrogen-bond donors (Lipinski definition) is 2. The number of hydrogen-bond acceptors (Lipinski definition) is 2. The highest BCUT2D eigenvalue weighted by molar-refractivity contribution is 6.37. The van der Waals surface area contributed by atoms with E-state index in [0.717, 1.165) is 82.4 Å². The van der Waals surface area contributed by atoms with Crippen molar-refractivity contribution in [1.29, 1.82) is 0 Å². The number of nitrogens with zero attached hydrogens (tertiary/aromatic N) is 2. The van der Waals surface area contributed by atoms with Gasteiger partial charge in [0.1, 0.15) is 0 Å². The Balaban J connectivity index is 1.22. The molecule has 8 unspecified atom stereocenters. The summed E-state index contributed by atoms with van der Waals surface area (Å²) in [6.45, 7) is 0. The minimum Gasteiger partial charge on any atom is -0.354 e. The molecule has 0 aromatic carbocycles. The standard InChI is InChI=1S/C44H36Cl2N4/c45-39-41-35-23-9-1-19(2-10-23)31(35)27(47-41)17-28-32-20-3-11-24(12-4-20)36(32)43(48-28)40(46)44-38-26-15-7-22(8-16-26)34(38)30(50-44)18-29-33-21-5-13-25(14-6-21)37(33)42(39)49-29/h1,3,5,7,9,11,13,15,17-26,47-48H,2,4,6,8,10,12,14,16H2. The summed E-state index contributed by atoms with van der Waals surface area (Å²) < 4.78 is 0. The van der Waals surface area contributed by atoms with E-state index in [1.165, 1.54) is 68.4 Å². The summed E-state index contributed by atoms with van der Waals surface area (Å²) in [7, 11) is 0. The van der Waals surface area contributed by atoms with E-state index in [1.807, 2.05) is 0 Å². The summed E-state index contributed by atoms with van der Waals surface area (Å²) in [6.07, 6.45) is 28.7. The Bertz CT molecular complexity index is 2360. The third kappa shape index (κ3) is 3.37. The lowest BCUT2D eigenvalue weighted by molar-refractivity contribution is 0.557. The van der Waals surface area contributed by atoms with Gasteiger partial charge >= 0.3 is 0 Å². The van der Waals surface area contributed by atoms with Crippen LogP contribution in [-0.2, 0) is 0 Å². The van der Waals surface area contributed by atoms with Gasteiger partial charge in [0.15, 0.2) is 0 Å². The maximum absolute atomic E-state index is 7.74. The summed E-state index contributed by atoms with van der Waals surface area (Å²) in [4.78, 5) is 19.0. The predicted molar refractivity (Wildman–Crippen MR) is 203 cm³/mol. The number of nitrogens with one attached hydrogen (secondary N) is 2. The highest BCUT2D eigenvalue weighted by atomic mass is 35.5. The molecular formula is C44H36Cl2N4. The summed E-state index contributed by atoms with van der Waals surface area (Å²) in [6, 6.07) is 4.71. The van der Waals surface area contributed by atoms with Crippen LogP contribution in [0.1, 0.15) is 120 Å². The van der Waals surface area contributed by atoms with E-state index in [0.29, 0.717) is 47.3 Å². The van der Waals surface area contributed by atoms with Crippen LogP contribution in [0.25, 0.3) is 44.4 Å². The van der Waals surface area contributed by atoms with Gasteiger partial charge in [-0.05, 0) is 108 Å². The van der Waals surface area contributed by atoms with Crippen molar-refractivity contribution in [2.75, 3.05) is 0 Å². The molecule has 3 aromatic rings. The van der Waals surface area contributed by atoms with E-state index >= 15 is 0 Å². The summed E-state index contributed by atoms with van der Waals surface area (Å²) in [5, 5.41) is 1.55. The van der Waals surface area contributed by atoms with Crippen molar-refractivity contribution in [3.63, 3.8) is 0 Å². The van der Waals surface area contributed by atoms with E-state index in [2.05, 4.69) is 70.7 Å². The topological polar surface area (TPSA) is 57.4 Å². The smallest absolute Gasteiger partial charge is 0.0903 e. The molecule has 2 aliphatic heterocycles. The molecule has 50 heavy (non-hydrogen) atoms. The Hall–Kier alpha value is -3.86. The normalized spacial score (nSPS) is 32.7. The highest BCUT2D eigenvalue weighted by Gasteiger charge is 2.43. The van der Waals surface area contributed by atoms with Crippen LogP contribution in [0.3, 0.4) is 0 Å². The largest absolute Gasteiger partial charge is 0.354 e. The third-order valence-corrected chi connectivity index (χ3v) is 14.9. The van der Waals surface area contributed by atoms with Gasteiger partial charge in [0.05, 0.1) is 43.9 Å². The number of rotatable bonds is 0. The molecule has 0 radical (unpaired) electrons. The highest BCUT2D eigenvalue weighted by Crippen LogP contribution is 2.58. The van der Waals surface area contributed by atoms with Crippen molar-refractivity contribution in [3.05, 3.63) is 116 Å². The van der Waals surface area contributed by atoms with Gasteiger partial charge in [0, 0.05) is 58.4 Å². The molecule has 14 aliphatic rings. The molecule has 0 saturated heterocycles. The molecule has 0 saturated carbocycles. The molecule has 8 atom stereocenters. The minimum atomic E-state index is 0.342. The number of fused-ring (bicyclic) bond motifs is 12. The van der Waals surface area contributed by atoms with Crippen LogP contribution in [0.2, 0.25) is 10.0 Å². The van der Waals surface area contributed by atoms with Gasteiger partial charge in [0.2, 0.25) is 0 Å². The van der Waals surface area contributed by atoms with Crippen LogP contribution < -0.4 is 0 Å². The second-order valence-electron chi connectivity index (χ2n) is 16.4. The van der Waals surface area contributed by atoms with E-state index in [9.17, 15) is 0 Å². The molecule has 0 spiro atoms. The van der Waals surface area contributed by atoms with Crippen molar-refractivity contribution >= 4 is 67.6 Å². The second-order valence-corrected chi connectivity index (χ2v) is 17.2. The second kappa shape index (κ2) is 9.52. The number of aromatic nitrogens is 4. The molecular weight excluding hydrogens is 655 g/mol. The fourth-order valence-electron chi connectivity index (χ4n) is 12.1. The molecule has 2 N–H and O–H groups in total. The molecule has 12 aliphatic carbocycles. The first kappa shape index (κ1) is 27.8. The molecule has 17 rings (SSSR count). The van der Waals surface area contributed by atoms with Gasteiger partial charge in [-0.25, -0.2) is 9.97 Å². The Morgan fingerprint density at radius 2 is 0.760 bits per heavy atom. The number of aromatic amines is 2. The SMILES string of the molecule is Clc1c2nc(cc3nc(c(Cl)c4[nH]c(cc5[nH]c1c1c5C5C=CC1CC5)c1c4C4C=CC1CC4)C1=C3C3C=CC1CC3)C1=C2C2C=CC1CC2. The first-order valence-electron chi connectivity index (χ1n) is 19.0. The predicted octanol–water partition coefficient (Wildman–Crippen LogP) is 11.7. The maximum Gasteiger partial charge on any atom is 0.0903 e. The zero-order valence-corrected chi connectivity index (χ0v) is 29.2. The van der Waals surface area contributed by atoms with Crippen molar-refractivity contribution in [3.8, 4) is 0 Å². The van der Waals surface area contributed by atoms with Crippen LogP contribution in [0.4, 0.5) is 0 Å². The maximum atomic E-state index is 7.74. The van der Waals surface area contributed by atoms with E-state index in [4.69, 9.17) is 33.2 Å². The van der Waals surface area contributed by atoms with Crippen LogP contribution in [0.5, 0.6) is 0 Å². The van der Waals surface area contributed by atoms with Crippen molar-refractivity contribution in [2.24, 2.45) is 23.7 Å².